The number of nitrogens with zero attached hydrogens (tertiary/aromatic N) is 2. The number of piperidine rings is 1. The van der Waals surface area contributed by atoms with Gasteiger partial charge in [0.1, 0.15) is 5.76 Å². The van der Waals surface area contributed by atoms with Crippen LogP contribution in [0.25, 0.3) is 0 Å². The Bertz CT molecular complexity index is 485. The van der Waals surface area contributed by atoms with Gasteiger partial charge < -0.3 is 14.5 Å². The second-order valence-electron chi connectivity index (χ2n) is 6.05. The van der Waals surface area contributed by atoms with E-state index in [1.807, 2.05) is 4.90 Å². The van der Waals surface area contributed by atoms with Crippen molar-refractivity contribution in [1.82, 2.24) is 10.1 Å². The largest absolute Gasteiger partial charge is 0.393 e. The Morgan fingerprint density at radius 2 is 2.20 bits per heavy atom. The number of hydrogen-bond acceptors (Lipinski definition) is 4. The number of amides is 1. The molecule has 1 aliphatic carbocycles. The van der Waals surface area contributed by atoms with Crippen molar-refractivity contribution in [1.29, 1.82) is 0 Å². The number of aromatic nitrogens is 1. The molecule has 2 aliphatic rings. The van der Waals surface area contributed by atoms with E-state index in [9.17, 15) is 9.90 Å². The van der Waals surface area contributed by atoms with Crippen molar-refractivity contribution in [2.75, 3.05) is 6.54 Å². The highest BCUT2D eigenvalue weighted by Gasteiger charge is 2.39. The molecule has 1 N–H and O–H groups in total. The second-order valence-corrected chi connectivity index (χ2v) is 6.05. The number of aliphatic hydroxyl groups excluding tert-OH is 1. The third-order valence-corrected chi connectivity index (χ3v) is 4.68. The molecule has 20 heavy (non-hydrogen) atoms. The summed E-state index contributed by atoms with van der Waals surface area (Å²) < 4.78 is 5.01. The highest BCUT2D eigenvalue weighted by Crippen LogP contribution is 2.35. The molecule has 3 rings (SSSR count). The third-order valence-electron chi connectivity index (χ3n) is 4.68. The Hall–Kier alpha value is -1.36. The van der Waals surface area contributed by atoms with Crippen LogP contribution in [0.2, 0.25) is 0 Å². The lowest BCUT2D eigenvalue weighted by molar-refractivity contribution is 0.0281. The van der Waals surface area contributed by atoms with E-state index in [1.165, 1.54) is 0 Å². The van der Waals surface area contributed by atoms with Crippen molar-refractivity contribution in [2.24, 2.45) is 5.92 Å². The van der Waals surface area contributed by atoms with E-state index in [1.54, 1.807) is 13.0 Å². The lowest BCUT2D eigenvalue weighted by Gasteiger charge is -2.40. The van der Waals surface area contributed by atoms with Gasteiger partial charge in [-0.25, -0.2) is 0 Å². The van der Waals surface area contributed by atoms with Gasteiger partial charge in [0, 0.05) is 24.6 Å². The zero-order valence-electron chi connectivity index (χ0n) is 11.9. The van der Waals surface area contributed by atoms with Gasteiger partial charge in [-0.15, -0.1) is 0 Å². The first-order valence-corrected chi connectivity index (χ1v) is 7.59. The van der Waals surface area contributed by atoms with Crippen LogP contribution >= 0.6 is 0 Å². The summed E-state index contributed by atoms with van der Waals surface area (Å²) in [5.41, 5.74) is 0.391. The standard InChI is InChI=1S/C15H22N2O3/c1-10-9-12(16-20-10)15(19)17-8-3-2-6-13(17)11-5-4-7-14(11)18/h9,11,13-14,18H,2-8H2,1H3. The molecule has 0 spiro atoms. The summed E-state index contributed by atoms with van der Waals surface area (Å²) in [6, 6.07) is 1.85. The van der Waals surface area contributed by atoms with Crippen LogP contribution in [0.4, 0.5) is 0 Å². The number of aliphatic hydroxyl groups is 1. The smallest absolute Gasteiger partial charge is 0.276 e. The summed E-state index contributed by atoms with van der Waals surface area (Å²) in [5, 5.41) is 14.0. The maximum atomic E-state index is 12.6. The molecule has 1 amide bonds. The maximum Gasteiger partial charge on any atom is 0.276 e. The van der Waals surface area contributed by atoms with Crippen LogP contribution in [0, 0.1) is 12.8 Å². The van der Waals surface area contributed by atoms with E-state index < -0.39 is 0 Å². The highest BCUT2D eigenvalue weighted by molar-refractivity contribution is 5.92. The Morgan fingerprint density at radius 1 is 1.35 bits per heavy atom. The lowest BCUT2D eigenvalue weighted by atomic mass is 9.87. The lowest BCUT2D eigenvalue weighted by Crippen LogP contribution is -2.49. The minimum atomic E-state index is -0.257. The molecule has 1 saturated carbocycles. The van der Waals surface area contributed by atoms with E-state index in [0.29, 0.717) is 11.5 Å². The van der Waals surface area contributed by atoms with E-state index in [-0.39, 0.29) is 24.0 Å². The Labute approximate surface area is 118 Å². The minimum Gasteiger partial charge on any atom is -0.393 e. The summed E-state index contributed by atoms with van der Waals surface area (Å²) in [6.07, 6.45) is 5.85. The molecule has 5 nitrogen and oxygen atoms in total. The van der Waals surface area contributed by atoms with Crippen LogP contribution in [0.15, 0.2) is 10.6 Å². The molecule has 3 atom stereocenters. The molecule has 1 aliphatic heterocycles. The fourth-order valence-electron chi connectivity index (χ4n) is 3.69. The molecule has 2 fully saturated rings. The topological polar surface area (TPSA) is 66.6 Å². The molecule has 0 aromatic carbocycles. The summed E-state index contributed by atoms with van der Waals surface area (Å²) in [4.78, 5) is 14.5. The molecular weight excluding hydrogens is 256 g/mol. The van der Waals surface area contributed by atoms with E-state index in [2.05, 4.69) is 5.16 Å². The number of likely N-dealkylation sites (tertiary alicyclic amines) is 1. The van der Waals surface area contributed by atoms with Crippen LogP contribution in [0.5, 0.6) is 0 Å². The molecule has 0 bridgehead atoms. The first-order valence-electron chi connectivity index (χ1n) is 7.59. The quantitative estimate of drug-likeness (QED) is 0.900. The van der Waals surface area contributed by atoms with Crippen molar-refractivity contribution in [3.63, 3.8) is 0 Å². The molecule has 1 aromatic rings. The summed E-state index contributed by atoms with van der Waals surface area (Å²) >= 11 is 0. The monoisotopic (exact) mass is 278 g/mol. The van der Waals surface area contributed by atoms with Crippen molar-refractivity contribution in [3.05, 3.63) is 17.5 Å². The molecular formula is C15H22N2O3. The van der Waals surface area contributed by atoms with Crippen LogP contribution in [-0.2, 0) is 0 Å². The van der Waals surface area contributed by atoms with Crippen molar-refractivity contribution in [3.8, 4) is 0 Å². The van der Waals surface area contributed by atoms with Crippen molar-refractivity contribution >= 4 is 5.91 Å². The van der Waals surface area contributed by atoms with Gasteiger partial charge in [-0.05, 0) is 39.0 Å². The van der Waals surface area contributed by atoms with Crippen LogP contribution < -0.4 is 0 Å². The van der Waals surface area contributed by atoms with E-state index in [4.69, 9.17) is 4.52 Å². The van der Waals surface area contributed by atoms with E-state index in [0.717, 1.165) is 45.1 Å². The molecule has 0 radical (unpaired) electrons. The molecule has 5 heteroatoms. The number of hydrogen-bond donors (Lipinski definition) is 1. The zero-order chi connectivity index (χ0) is 14.1. The second kappa shape index (κ2) is 5.56. The minimum absolute atomic E-state index is 0.0503. The SMILES string of the molecule is Cc1cc(C(=O)N2CCCCC2C2CCCC2O)no1. The predicted molar refractivity (Wildman–Crippen MR) is 73.3 cm³/mol. The number of carbonyl (C=O) groups excluding carboxylic acids is 1. The van der Waals surface area contributed by atoms with Crippen molar-refractivity contribution < 1.29 is 14.4 Å². The predicted octanol–water partition coefficient (Wildman–Crippen LogP) is 2.14. The van der Waals surface area contributed by atoms with Crippen LogP contribution in [0.3, 0.4) is 0 Å². The average molecular weight is 278 g/mol. The Morgan fingerprint density at radius 3 is 2.85 bits per heavy atom. The normalized spacial score (nSPS) is 30.7. The van der Waals surface area contributed by atoms with E-state index >= 15 is 0 Å². The van der Waals surface area contributed by atoms with Gasteiger partial charge in [0.05, 0.1) is 6.10 Å². The van der Waals surface area contributed by atoms with Gasteiger partial charge in [-0.3, -0.25) is 4.79 Å². The Kier molecular flexibility index (Phi) is 3.78. The van der Waals surface area contributed by atoms with Crippen LogP contribution in [-0.4, -0.2) is 39.8 Å². The van der Waals surface area contributed by atoms with Gasteiger partial charge in [-0.2, -0.15) is 0 Å². The van der Waals surface area contributed by atoms with Gasteiger partial charge in [0.25, 0.3) is 5.91 Å². The molecule has 2 heterocycles. The number of aryl methyl sites for hydroxylation is 1. The van der Waals surface area contributed by atoms with Crippen LogP contribution in [0.1, 0.15) is 54.8 Å². The highest BCUT2D eigenvalue weighted by atomic mass is 16.5. The van der Waals surface area contributed by atoms with Crippen molar-refractivity contribution in [2.45, 2.75) is 57.6 Å². The fourth-order valence-corrected chi connectivity index (χ4v) is 3.69. The first-order chi connectivity index (χ1) is 9.66. The molecule has 110 valence electrons. The fraction of sp³-hybridized carbons (Fsp3) is 0.733. The number of carbonyl (C=O) groups is 1. The van der Waals surface area contributed by atoms with Gasteiger partial charge >= 0.3 is 0 Å². The van der Waals surface area contributed by atoms with Gasteiger partial charge in [0.15, 0.2) is 5.69 Å². The molecule has 1 aromatic heterocycles. The zero-order valence-corrected chi connectivity index (χ0v) is 11.9. The third kappa shape index (κ3) is 2.46. The number of rotatable bonds is 2. The van der Waals surface area contributed by atoms with Gasteiger partial charge in [-0.1, -0.05) is 11.6 Å². The summed E-state index contributed by atoms with van der Waals surface area (Å²) in [6.45, 7) is 2.55. The maximum absolute atomic E-state index is 12.6. The summed E-state index contributed by atoms with van der Waals surface area (Å²) in [5.74, 6) is 0.834. The molecule has 1 saturated heterocycles. The first kappa shape index (κ1) is 13.6. The Balaban J connectivity index is 1.79. The molecule has 3 unspecified atom stereocenters. The van der Waals surface area contributed by atoms with Gasteiger partial charge in [0.2, 0.25) is 0 Å². The summed E-state index contributed by atoms with van der Waals surface area (Å²) in [7, 11) is 0. The average Bonchev–Trinajstić information content (AvgIpc) is 3.07.